The number of ether oxygens (including phenoxy) is 2. The van der Waals surface area contributed by atoms with Crippen LogP contribution in [-0.2, 0) is 13.2 Å². The second kappa shape index (κ2) is 8.26. The number of anilines is 1. The van der Waals surface area contributed by atoms with Crippen molar-refractivity contribution in [1.82, 2.24) is 19.9 Å². The SMILES string of the molecule is CCN(Cc1ccc(OCc2cccs2)c(OC)c1)c1ncnc2nc[nH]c12. The molecule has 0 amide bonds. The van der Waals surface area contributed by atoms with Gasteiger partial charge in [0.25, 0.3) is 0 Å². The van der Waals surface area contributed by atoms with E-state index in [1.807, 2.05) is 23.6 Å². The molecule has 0 aliphatic rings. The van der Waals surface area contributed by atoms with E-state index in [1.54, 1.807) is 31.1 Å². The minimum atomic E-state index is 0.535. The number of fused-ring (bicyclic) bond motifs is 1. The van der Waals surface area contributed by atoms with Gasteiger partial charge in [0, 0.05) is 18.0 Å². The maximum Gasteiger partial charge on any atom is 0.182 e. The molecule has 28 heavy (non-hydrogen) atoms. The number of aromatic amines is 1. The first-order valence-corrected chi connectivity index (χ1v) is 9.87. The van der Waals surface area contributed by atoms with Crippen LogP contribution >= 0.6 is 11.3 Å². The quantitative estimate of drug-likeness (QED) is 0.485. The minimum absolute atomic E-state index is 0.535. The number of H-pyrrole nitrogens is 1. The Hall–Kier alpha value is -3.13. The van der Waals surface area contributed by atoms with Gasteiger partial charge in [-0.15, -0.1) is 11.3 Å². The number of thiophene rings is 1. The molecule has 3 heterocycles. The zero-order chi connectivity index (χ0) is 19.3. The van der Waals surface area contributed by atoms with Gasteiger partial charge in [-0.05, 0) is 36.1 Å². The molecular weight excluding hydrogens is 374 g/mol. The molecule has 4 aromatic rings. The Morgan fingerprint density at radius 3 is 2.86 bits per heavy atom. The Morgan fingerprint density at radius 2 is 2.07 bits per heavy atom. The van der Waals surface area contributed by atoms with Gasteiger partial charge < -0.3 is 19.4 Å². The molecule has 0 saturated carbocycles. The van der Waals surface area contributed by atoms with Crippen molar-refractivity contribution < 1.29 is 9.47 Å². The third-order valence-electron chi connectivity index (χ3n) is 4.44. The van der Waals surface area contributed by atoms with E-state index in [1.165, 1.54) is 4.88 Å². The fourth-order valence-corrected chi connectivity index (χ4v) is 3.64. The van der Waals surface area contributed by atoms with Gasteiger partial charge in [-0.1, -0.05) is 12.1 Å². The Kier molecular flexibility index (Phi) is 5.38. The van der Waals surface area contributed by atoms with E-state index in [0.717, 1.165) is 34.9 Å². The van der Waals surface area contributed by atoms with E-state index in [9.17, 15) is 0 Å². The zero-order valence-electron chi connectivity index (χ0n) is 15.8. The maximum atomic E-state index is 5.93. The highest BCUT2D eigenvalue weighted by Gasteiger charge is 2.14. The van der Waals surface area contributed by atoms with E-state index in [2.05, 4.69) is 43.9 Å². The molecule has 0 aliphatic heterocycles. The van der Waals surface area contributed by atoms with Crippen molar-refractivity contribution in [2.45, 2.75) is 20.1 Å². The normalized spacial score (nSPS) is 10.9. The Morgan fingerprint density at radius 1 is 1.14 bits per heavy atom. The molecule has 0 bridgehead atoms. The summed E-state index contributed by atoms with van der Waals surface area (Å²) in [4.78, 5) is 19.3. The van der Waals surface area contributed by atoms with Crippen LogP contribution in [0.4, 0.5) is 5.82 Å². The minimum Gasteiger partial charge on any atom is -0.493 e. The monoisotopic (exact) mass is 395 g/mol. The van der Waals surface area contributed by atoms with Crippen LogP contribution in [0, 0.1) is 0 Å². The number of benzene rings is 1. The number of nitrogens with zero attached hydrogens (tertiary/aromatic N) is 4. The van der Waals surface area contributed by atoms with Crippen LogP contribution in [0.3, 0.4) is 0 Å². The summed E-state index contributed by atoms with van der Waals surface area (Å²) in [5, 5.41) is 2.04. The highest BCUT2D eigenvalue weighted by Crippen LogP contribution is 2.30. The van der Waals surface area contributed by atoms with Gasteiger partial charge in [-0.3, -0.25) is 0 Å². The Balaban J connectivity index is 1.54. The third-order valence-corrected chi connectivity index (χ3v) is 5.29. The standard InChI is InChI=1S/C20H21N5O2S/c1-3-25(20-18-19(22-12-21-18)23-13-24-20)10-14-6-7-16(17(9-14)26-2)27-11-15-5-4-8-28-15/h4-9,12-13H,3,10-11H2,1-2H3,(H,21,22,23,24). The summed E-state index contributed by atoms with van der Waals surface area (Å²) in [7, 11) is 1.66. The van der Waals surface area contributed by atoms with E-state index in [4.69, 9.17) is 9.47 Å². The first-order valence-electron chi connectivity index (χ1n) is 8.99. The molecule has 3 aromatic heterocycles. The summed E-state index contributed by atoms with van der Waals surface area (Å²) < 4.78 is 11.5. The molecule has 0 saturated heterocycles. The zero-order valence-corrected chi connectivity index (χ0v) is 16.6. The van der Waals surface area contributed by atoms with Crippen molar-refractivity contribution in [2.24, 2.45) is 0 Å². The lowest BCUT2D eigenvalue weighted by atomic mass is 10.2. The van der Waals surface area contributed by atoms with Crippen molar-refractivity contribution in [3.05, 3.63) is 58.8 Å². The molecule has 7 nitrogen and oxygen atoms in total. The number of aromatic nitrogens is 4. The molecule has 0 radical (unpaired) electrons. The molecule has 0 atom stereocenters. The molecule has 0 unspecified atom stereocenters. The summed E-state index contributed by atoms with van der Waals surface area (Å²) in [6.45, 7) is 4.11. The highest BCUT2D eigenvalue weighted by molar-refractivity contribution is 7.09. The molecule has 144 valence electrons. The van der Waals surface area contributed by atoms with Crippen LogP contribution in [0.2, 0.25) is 0 Å². The number of methoxy groups -OCH3 is 1. The number of nitrogens with one attached hydrogen (secondary N) is 1. The number of imidazole rings is 1. The van der Waals surface area contributed by atoms with Gasteiger partial charge in [0.05, 0.1) is 13.4 Å². The predicted molar refractivity (Wildman–Crippen MR) is 110 cm³/mol. The fourth-order valence-electron chi connectivity index (χ4n) is 3.02. The lowest BCUT2D eigenvalue weighted by Gasteiger charge is -2.22. The van der Waals surface area contributed by atoms with Gasteiger partial charge in [0.15, 0.2) is 23.0 Å². The van der Waals surface area contributed by atoms with E-state index < -0.39 is 0 Å². The Labute approximate surface area is 167 Å². The molecule has 1 aromatic carbocycles. The summed E-state index contributed by atoms with van der Waals surface area (Å²) in [6.07, 6.45) is 3.18. The topological polar surface area (TPSA) is 76.2 Å². The Bertz CT molecular complexity index is 1050. The second-order valence-corrected chi connectivity index (χ2v) is 7.20. The van der Waals surface area contributed by atoms with Gasteiger partial charge >= 0.3 is 0 Å². The molecule has 8 heteroatoms. The average molecular weight is 395 g/mol. The molecular formula is C20H21N5O2S. The largest absolute Gasteiger partial charge is 0.493 e. The average Bonchev–Trinajstić information content (AvgIpc) is 3.42. The molecule has 4 rings (SSSR count). The number of hydrogen-bond acceptors (Lipinski definition) is 7. The number of rotatable bonds is 8. The first kappa shape index (κ1) is 18.2. The van der Waals surface area contributed by atoms with Crippen molar-refractivity contribution >= 4 is 28.3 Å². The molecule has 0 spiro atoms. The smallest absolute Gasteiger partial charge is 0.182 e. The van der Waals surface area contributed by atoms with Crippen molar-refractivity contribution in [3.63, 3.8) is 0 Å². The summed E-state index contributed by atoms with van der Waals surface area (Å²) in [5.41, 5.74) is 2.61. The van der Waals surface area contributed by atoms with Gasteiger partial charge in [0.1, 0.15) is 18.5 Å². The van der Waals surface area contributed by atoms with Gasteiger partial charge in [0.2, 0.25) is 0 Å². The lowest BCUT2D eigenvalue weighted by molar-refractivity contribution is 0.287. The van der Waals surface area contributed by atoms with E-state index in [-0.39, 0.29) is 0 Å². The van der Waals surface area contributed by atoms with E-state index in [0.29, 0.717) is 18.8 Å². The van der Waals surface area contributed by atoms with Crippen LogP contribution in [0.5, 0.6) is 11.5 Å². The van der Waals surface area contributed by atoms with Crippen LogP contribution in [0.1, 0.15) is 17.4 Å². The number of hydrogen-bond donors (Lipinski definition) is 1. The lowest BCUT2D eigenvalue weighted by Crippen LogP contribution is -2.23. The third kappa shape index (κ3) is 3.77. The fraction of sp³-hybridized carbons (Fsp3) is 0.250. The predicted octanol–water partition coefficient (Wildman–Crippen LogP) is 4.03. The van der Waals surface area contributed by atoms with Gasteiger partial charge in [-0.2, -0.15) is 0 Å². The molecule has 1 N–H and O–H groups in total. The highest BCUT2D eigenvalue weighted by atomic mass is 32.1. The van der Waals surface area contributed by atoms with Crippen LogP contribution in [0.25, 0.3) is 11.2 Å². The van der Waals surface area contributed by atoms with Crippen molar-refractivity contribution in [3.8, 4) is 11.5 Å². The van der Waals surface area contributed by atoms with Crippen molar-refractivity contribution in [1.29, 1.82) is 0 Å². The van der Waals surface area contributed by atoms with Crippen molar-refractivity contribution in [2.75, 3.05) is 18.6 Å². The summed E-state index contributed by atoms with van der Waals surface area (Å²) >= 11 is 1.68. The first-order chi connectivity index (χ1) is 13.8. The van der Waals surface area contributed by atoms with Crippen LogP contribution in [-0.4, -0.2) is 33.6 Å². The van der Waals surface area contributed by atoms with E-state index >= 15 is 0 Å². The maximum absolute atomic E-state index is 5.93. The summed E-state index contributed by atoms with van der Waals surface area (Å²) in [6, 6.07) is 10.1. The molecule has 0 aliphatic carbocycles. The summed E-state index contributed by atoms with van der Waals surface area (Å²) in [5.74, 6) is 2.29. The second-order valence-electron chi connectivity index (χ2n) is 6.17. The van der Waals surface area contributed by atoms with Crippen LogP contribution < -0.4 is 14.4 Å². The van der Waals surface area contributed by atoms with Crippen LogP contribution in [0.15, 0.2) is 48.4 Å². The molecule has 0 fully saturated rings. The van der Waals surface area contributed by atoms with Gasteiger partial charge in [-0.25, -0.2) is 15.0 Å².